The maximum absolute atomic E-state index is 13.4. The molecule has 15 nitrogen and oxygen atoms in total. The zero-order valence-electron chi connectivity index (χ0n) is 24.5. The van der Waals surface area contributed by atoms with E-state index in [0.29, 0.717) is 18.6 Å². The van der Waals surface area contributed by atoms with Gasteiger partial charge >= 0.3 is 11.6 Å². The summed E-state index contributed by atoms with van der Waals surface area (Å²) >= 11 is 8.50. The number of oxime groups is 1. The average molecular weight is 677 g/mol. The van der Waals surface area contributed by atoms with E-state index in [2.05, 4.69) is 30.3 Å². The van der Waals surface area contributed by atoms with Gasteiger partial charge in [-0.2, -0.15) is 0 Å². The van der Waals surface area contributed by atoms with Crippen molar-refractivity contribution in [1.82, 2.24) is 30.1 Å². The van der Waals surface area contributed by atoms with Crippen LogP contribution in [0.5, 0.6) is 0 Å². The Morgan fingerprint density at radius 3 is 2.84 bits per heavy atom. The van der Waals surface area contributed by atoms with Gasteiger partial charge in [-0.1, -0.05) is 28.1 Å². The van der Waals surface area contributed by atoms with Gasteiger partial charge in [-0.05, 0) is 51.0 Å². The van der Waals surface area contributed by atoms with Crippen molar-refractivity contribution >= 4 is 80.8 Å². The predicted molar refractivity (Wildman–Crippen MR) is 167 cm³/mol. The van der Waals surface area contributed by atoms with Gasteiger partial charge in [-0.25, -0.2) is 14.3 Å². The molecule has 1 saturated heterocycles. The highest BCUT2D eigenvalue weighted by Crippen LogP contribution is 2.40. The number of halogens is 1. The molecule has 2 aliphatic heterocycles. The number of carboxylic acid groups (broad SMARTS) is 1. The summed E-state index contributed by atoms with van der Waals surface area (Å²) in [5.74, 6) is -2.27. The van der Waals surface area contributed by atoms with Crippen LogP contribution in [0.2, 0.25) is 4.34 Å². The molecule has 45 heavy (non-hydrogen) atoms. The second kappa shape index (κ2) is 13.1. The number of amides is 2. The third-order valence-electron chi connectivity index (χ3n) is 7.25. The monoisotopic (exact) mass is 676 g/mol. The summed E-state index contributed by atoms with van der Waals surface area (Å²) in [6.07, 6.45) is 5.27. The largest absolute Gasteiger partial charge is 0.478 e. The number of aromatic nitrogens is 4. The topological polar surface area (TPSA) is 198 Å². The van der Waals surface area contributed by atoms with Crippen molar-refractivity contribution < 1.29 is 33.7 Å². The summed E-state index contributed by atoms with van der Waals surface area (Å²) < 4.78 is 4.05. The summed E-state index contributed by atoms with van der Waals surface area (Å²) in [6, 6.07) is 2.90. The number of nitrogens with two attached hydrogens (primary N) is 1. The number of thiazole rings is 1. The lowest BCUT2D eigenvalue weighted by Gasteiger charge is -2.49. The minimum Gasteiger partial charge on any atom is -0.478 e. The number of carboxylic acids is 1. The van der Waals surface area contributed by atoms with Crippen LogP contribution in [0.15, 0.2) is 41.1 Å². The first-order valence-electron chi connectivity index (χ1n) is 13.8. The average Bonchev–Trinajstić information content (AvgIpc) is 3.57. The van der Waals surface area contributed by atoms with E-state index in [9.17, 15) is 24.3 Å². The SMILES string of the molecule is CNCCCn1cnc2c1ccc[n+]2CC1=C(C=O)N2C(=O)C(NC(=O)/C(=N\OC(C)(C)C(=O)O)c3nc(N)sc3Cl)C2SC1. The van der Waals surface area contributed by atoms with E-state index in [-0.39, 0.29) is 20.9 Å². The van der Waals surface area contributed by atoms with Gasteiger partial charge in [0.15, 0.2) is 17.1 Å². The molecule has 238 valence electrons. The fourth-order valence-electron chi connectivity index (χ4n) is 4.80. The molecule has 5 heterocycles. The smallest absolute Gasteiger partial charge is 0.350 e. The number of aliphatic carboxylic acids is 1. The van der Waals surface area contributed by atoms with E-state index < -0.39 is 40.5 Å². The maximum Gasteiger partial charge on any atom is 0.350 e. The summed E-state index contributed by atoms with van der Waals surface area (Å²) in [4.78, 5) is 65.7. The number of hydrogen-bond donors (Lipinski definition) is 4. The number of rotatable bonds is 13. The molecule has 0 radical (unpaired) electrons. The van der Waals surface area contributed by atoms with Gasteiger partial charge in [-0.3, -0.25) is 19.3 Å². The first kappa shape index (κ1) is 32.3. The van der Waals surface area contributed by atoms with Crippen molar-refractivity contribution in [3.63, 3.8) is 0 Å². The van der Waals surface area contributed by atoms with Gasteiger partial charge in [0.25, 0.3) is 11.8 Å². The second-order valence-electron chi connectivity index (χ2n) is 10.7. The van der Waals surface area contributed by atoms with Gasteiger partial charge in [-0.15, -0.1) is 11.8 Å². The highest BCUT2D eigenvalue weighted by atomic mass is 35.5. The number of carbonyl (C=O) groups is 4. The number of β-lactam (4-membered cyclic amide) rings is 1. The molecule has 5 N–H and O–H groups in total. The number of aryl methyl sites for hydroxylation is 1. The fourth-order valence-corrected chi connectivity index (χ4v) is 7.09. The van der Waals surface area contributed by atoms with Crippen molar-refractivity contribution in [1.29, 1.82) is 0 Å². The molecule has 0 spiro atoms. The van der Waals surface area contributed by atoms with Gasteiger partial charge in [0, 0.05) is 17.9 Å². The summed E-state index contributed by atoms with van der Waals surface area (Å²) in [5.41, 5.74) is 6.08. The number of aldehydes is 1. The number of nitrogens with zero attached hydrogens (tertiary/aromatic N) is 6. The van der Waals surface area contributed by atoms with Gasteiger partial charge in [0.2, 0.25) is 11.9 Å². The van der Waals surface area contributed by atoms with Crippen LogP contribution in [-0.4, -0.2) is 90.7 Å². The van der Waals surface area contributed by atoms with E-state index >= 15 is 0 Å². The highest BCUT2D eigenvalue weighted by molar-refractivity contribution is 8.00. The minimum absolute atomic E-state index is 0.0258. The van der Waals surface area contributed by atoms with Crippen LogP contribution < -0.4 is 20.9 Å². The van der Waals surface area contributed by atoms with E-state index in [0.717, 1.165) is 47.6 Å². The molecule has 2 unspecified atom stereocenters. The molecule has 0 aliphatic carbocycles. The van der Waals surface area contributed by atoms with E-state index in [1.165, 1.54) is 30.5 Å². The third-order valence-corrected chi connectivity index (χ3v) is 9.67. The normalized spacial score (nSPS) is 18.5. The molecule has 3 aromatic rings. The second-order valence-corrected chi connectivity index (χ2v) is 13.5. The van der Waals surface area contributed by atoms with E-state index in [1.54, 1.807) is 6.33 Å². The fraction of sp³-hybridized carbons (Fsp3) is 0.407. The molecular weight excluding hydrogens is 646 g/mol. The number of nitrogens with one attached hydrogen (secondary N) is 2. The summed E-state index contributed by atoms with van der Waals surface area (Å²) in [5, 5.41) is 18.4. The van der Waals surface area contributed by atoms with Crippen LogP contribution in [-0.2, 0) is 37.1 Å². The number of thioether (sulfide) groups is 1. The molecule has 2 atom stereocenters. The Morgan fingerprint density at radius 1 is 1.40 bits per heavy atom. The lowest BCUT2D eigenvalue weighted by molar-refractivity contribution is -0.664. The standard InChI is InChI=1S/C27H30ClN9O6S2/c1-27(2,25(41)42)43-34-18(17-20(28)45-26(29)33-17)22(39)32-19-23(40)37-16(11-38)14(12-44-24(19)37)10-35-8-4-6-15-21(35)31-13-36(15)9-5-7-30-3/h4,6,8,11,13,19,24,30H,5,7,9-10,12H2,1-3H3,(H3-,29,32,33,39,41,42)/p+1/b34-18-. The lowest BCUT2D eigenvalue weighted by Crippen LogP contribution is -2.70. The lowest BCUT2D eigenvalue weighted by atomic mass is 10.0. The Bertz CT molecular complexity index is 1740. The Morgan fingerprint density at radius 2 is 2.18 bits per heavy atom. The Hall–Kier alpha value is -4.06. The first-order valence-corrected chi connectivity index (χ1v) is 16.0. The number of hydrogen-bond acceptors (Lipinski definition) is 12. The number of anilines is 1. The Labute approximate surface area is 270 Å². The van der Waals surface area contributed by atoms with E-state index in [4.69, 9.17) is 22.2 Å². The van der Waals surface area contributed by atoms with Crippen LogP contribution in [0.3, 0.4) is 0 Å². The number of nitrogen functional groups attached to an aromatic ring is 1. The van der Waals surface area contributed by atoms with Crippen LogP contribution in [0.4, 0.5) is 5.13 Å². The molecule has 1 fully saturated rings. The van der Waals surface area contributed by atoms with Crippen molar-refractivity contribution in [3.8, 4) is 0 Å². The quantitative estimate of drug-likeness (QED) is 0.0498. The molecule has 3 aromatic heterocycles. The molecular formula is C27H31ClN9O6S2+. The summed E-state index contributed by atoms with van der Waals surface area (Å²) in [7, 11) is 1.91. The Kier molecular flexibility index (Phi) is 9.43. The molecule has 5 rings (SSSR count). The van der Waals surface area contributed by atoms with Crippen molar-refractivity contribution in [3.05, 3.63) is 46.0 Å². The van der Waals surface area contributed by atoms with Crippen LogP contribution in [0, 0.1) is 0 Å². The summed E-state index contributed by atoms with van der Waals surface area (Å²) in [6.45, 7) is 4.52. The highest BCUT2D eigenvalue weighted by Gasteiger charge is 2.53. The van der Waals surface area contributed by atoms with Crippen molar-refractivity contribution in [2.24, 2.45) is 5.16 Å². The molecule has 2 amide bonds. The molecule has 0 saturated carbocycles. The molecule has 0 bridgehead atoms. The predicted octanol–water partition coefficient (Wildman–Crippen LogP) is 0.762. The first-order chi connectivity index (χ1) is 21.5. The van der Waals surface area contributed by atoms with Crippen molar-refractivity contribution in [2.75, 3.05) is 25.1 Å². The Balaban J connectivity index is 1.35. The number of fused-ring (bicyclic) bond motifs is 2. The van der Waals surface area contributed by atoms with E-state index in [1.807, 2.05) is 29.9 Å². The number of imidazole rings is 1. The number of allylic oxidation sites excluding steroid dienone is 1. The minimum atomic E-state index is -1.78. The van der Waals surface area contributed by atoms with Crippen molar-refractivity contribution in [2.45, 2.75) is 50.4 Å². The number of pyridine rings is 1. The molecule has 0 aromatic carbocycles. The third kappa shape index (κ3) is 6.38. The maximum atomic E-state index is 13.4. The van der Waals surface area contributed by atoms with Crippen LogP contribution in [0.1, 0.15) is 26.0 Å². The molecule has 2 aliphatic rings. The van der Waals surface area contributed by atoms with Crippen LogP contribution >= 0.6 is 34.7 Å². The molecule has 18 heteroatoms. The van der Waals surface area contributed by atoms with Crippen LogP contribution in [0.25, 0.3) is 11.2 Å². The van der Waals surface area contributed by atoms with Gasteiger partial charge < -0.3 is 30.9 Å². The van der Waals surface area contributed by atoms with Gasteiger partial charge in [0.1, 0.15) is 33.5 Å². The zero-order valence-corrected chi connectivity index (χ0v) is 26.9. The zero-order chi connectivity index (χ0) is 32.5. The van der Waals surface area contributed by atoms with Gasteiger partial charge in [0.05, 0.1) is 11.9 Å². The number of carbonyl (C=O) groups excluding carboxylic acids is 3.